The van der Waals surface area contributed by atoms with Gasteiger partial charge in [-0.2, -0.15) is 0 Å². The van der Waals surface area contributed by atoms with Gasteiger partial charge in [0.25, 0.3) is 5.91 Å². The second kappa shape index (κ2) is 10.3. The maximum absolute atomic E-state index is 12.8. The number of thiophene rings is 1. The largest absolute Gasteiger partial charge is 0.383 e. The number of thiocarbonyl (C=S) groups is 1. The number of fused-ring (bicyclic) bond motifs is 1. The minimum absolute atomic E-state index is 0.0735. The number of ether oxygens (including phenoxy) is 1. The number of carbonyl (C=O) groups excluding carboxylic acids is 2. The Kier molecular flexibility index (Phi) is 7.47. The lowest BCUT2D eigenvalue weighted by molar-refractivity contribution is -0.123. The van der Waals surface area contributed by atoms with Crippen molar-refractivity contribution in [2.75, 3.05) is 20.3 Å². The number of benzene rings is 1. The molecule has 2 aromatic heterocycles. The zero-order chi connectivity index (χ0) is 22.7. The van der Waals surface area contributed by atoms with Gasteiger partial charge in [0.2, 0.25) is 5.91 Å². The Morgan fingerprint density at radius 1 is 1.34 bits per heavy atom. The minimum Gasteiger partial charge on any atom is -0.383 e. The van der Waals surface area contributed by atoms with Crippen LogP contribution < -0.4 is 5.32 Å². The first-order valence-corrected chi connectivity index (χ1v) is 12.7. The van der Waals surface area contributed by atoms with Crippen molar-refractivity contribution in [3.8, 4) is 0 Å². The fourth-order valence-electron chi connectivity index (χ4n) is 3.37. The standard InChI is InChI=1S/C22H20BrN3O3S3/c1-29-7-6-26-21(28)19(32-22(26)30)9-14-12-25(18-5-4-15(23)10-17(14)18)13-20(27)24-11-16-3-2-8-31-16/h2-5,8-10,12H,6-7,11,13H2,1H3,(H,24,27)/b19-9-. The van der Waals surface area contributed by atoms with Crippen molar-refractivity contribution in [1.29, 1.82) is 0 Å². The maximum atomic E-state index is 12.8. The normalized spacial score (nSPS) is 15.3. The van der Waals surface area contributed by atoms with Crippen molar-refractivity contribution in [3.63, 3.8) is 0 Å². The minimum atomic E-state index is -0.123. The first kappa shape index (κ1) is 23.2. The Morgan fingerprint density at radius 3 is 2.94 bits per heavy atom. The Morgan fingerprint density at radius 2 is 2.19 bits per heavy atom. The van der Waals surface area contributed by atoms with Crippen molar-refractivity contribution in [3.05, 3.63) is 61.7 Å². The topological polar surface area (TPSA) is 63.6 Å². The second-order valence-corrected chi connectivity index (χ2v) is 10.7. The van der Waals surface area contributed by atoms with Gasteiger partial charge in [0.05, 0.1) is 24.6 Å². The van der Waals surface area contributed by atoms with E-state index in [0.29, 0.717) is 28.9 Å². The summed E-state index contributed by atoms with van der Waals surface area (Å²) in [7, 11) is 1.59. The molecule has 0 unspecified atom stereocenters. The van der Waals surface area contributed by atoms with E-state index >= 15 is 0 Å². The molecule has 32 heavy (non-hydrogen) atoms. The highest BCUT2D eigenvalue weighted by atomic mass is 79.9. The maximum Gasteiger partial charge on any atom is 0.266 e. The van der Waals surface area contributed by atoms with Gasteiger partial charge in [-0.1, -0.05) is 46.0 Å². The number of halogens is 1. The highest BCUT2D eigenvalue weighted by Gasteiger charge is 2.31. The molecular weight excluding hydrogens is 530 g/mol. The summed E-state index contributed by atoms with van der Waals surface area (Å²) in [5.41, 5.74) is 1.78. The van der Waals surface area contributed by atoms with E-state index < -0.39 is 0 Å². The summed E-state index contributed by atoms with van der Waals surface area (Å²) in [5, 5.41) is 5.90. The first-order chi connectivity index (χ1) is 15.5. The van der Waals surface area contributed by atoms with Gasteiger partial charge in [-0.15, -0.1) is 11.3 Å². The van der Waals surface area contributed by atoms with Gasteiger partial charge >= 0.3 is 0 Å². The summed E-state index contributed by atoms with van der Waals surface area (Å²) in [6, 6.07) is 9.86. The molecule has 0 atom stereocenters. The first-order valence-electron chi connectivity index (χ1n) is 9.78. The SMILES string of the molecule is COCCN1C(=O)/C(=C/c2cn(CC(=O)NCc3cccs3)c3ccc(Br)cc23)SC1=S. The number of methoxy groups -OCH3 is 1. The molecule has 166 valence electrons. The van der Waals surface area contributed by atoms with Gasteiger partial charge in [0, 0.05) is 39.1 Å². The quantitative estimate of drug-likeness (QED) is 0.328. The van der Waals surface area contributed by atoms with E-state index in [1.165, 1.54) is 11.8 Å². The monoisotopic (exact) mass is 549 g/mol. The van der Waals surface area contributed by atoms with Crippen LogP contribution in [0.5, 0.6) is 0 Å². The fraction of sp³-hybridized carbons (Fsp3) is 0.227. The predicted octanol–water partition coefficient (Wildman–Crippen LogP) is 4.63. The van der Waals surface area contributed by atoms with Crippen LogP contribution in [-0.2, 0) is 27.4 Å². The van der Waals surface area contributed by atoms with E-state index in [9.17, 15) is 9.59 Å². The molecule has 10 heteroatoms. The Bertz CT molecular complexity index is 1200. The Balaban J connectivity index is 1.59. The van der Waals surface area contributed by atoms with E-state index in [2.05, 4.69) is 21.2 Å². The molecular formula is C22H20BrN3O3S3. The molecule has 2 amide bonds. The zero-order valence-electron chi connectivity index (χ0n) is 17.2. The molecule has 1 fully saturated rings. The molecule has 1 N–H and O–H groups in total. The molecule has 3 heterocycles. The number of amides is 2. The average molecular weight is 551 g/mol. The molecule has 1 aliphatic rings. The Hall–Kier alpha value is -1.98. The molecule has 0 spiro atoms. The van der Waals surface area contributed by atoms with Crippen molar-refractivity contribution in [2.24, 2.45) is 0 Å². The number of nitrogens with one attached hydrogen (secondary N) is 1. The molecule has 1 saturated heterocycles. The van der Waals surface area contributed by atoms with Gasteiger partial charge in [-0.3, -0.25) is 14.5 Å². The smallest absolute Gasteiger partial charge is 0.266 e. The van der Waals surface area contributed by atoms with Crippen LogP contribution in [0.1, 0.15) is 10.4 Å². The van der Waals surface area contributed by atoms with Crippen molar-refractivity contribution >= 4 is 84.4 Å². The predicted molar refractivity (Wildman–Crippen MR) is 138 cm³/mol. The van der Waals surface area contributed by atoms with E-state index in [1.54, 1.807) is 23.3 Å². The third-order valence-electron chi connectivity index (χ3n) is 4.91. The number of rotatable bonds is 8. The van der Waals surface area contributed by atoms with Crippen LogP contribution in [0.4, 0.5) is 0 Å². The summed E-state index contributed by atoms with van der Waals surface area (Å²) in [4.78, 5) is 28.6. The summed E-state index contributed by atoms with van der Waals surface area (Å²) in [6.07, 6.45) is 3.75. The van der Waals surface area contributed by atoms with Crippen molar-refractivity contribution in [2.45, 2.75) is 13.1 Å². The number of thioether (sulfide) groups is 1. The average Bonchev–Trinajstić information content (AvgIpc) is 3.46. The molecule has 6 nitrogen and oxygen atoms in total. The summed E-state index contributed by atoms with van der Waals surface area (Å²) in [5.74, 6) is -0.197. The van der Waals surface area contributed by atoms with Gasteiger partial charge in [-0.05, 0) is 35.7 Å². The van der Waals surface area contributed by atoms with Crippen LogP contribution >= 0.6 is 51.2 Å². The molecule has 1 aliphatic heterocycles. The highest BCUT2D eigenvalue weighted by molar-refractivity contribution is 9.10. The summed E-state index contributed by atoms with van der Waals surface area (Å²) in [6.45, 7) is 1.55. The lowest BCUT2D eigenvalue weighted by Crippen LogP contribution is -2.31. The fourth-order valence-corrected chi connectivity index (χ4v) is 5.67. The summed E-state index contributed by atoms with van der Waals surface area (Å²) < 4.78 is 8.43. The third-order valence-corrected chi connectivity index (χ3v) is 7.65. The lowest BCUT2D eigenvalue weighted by Gasteiger charge is -2.12. The molecule has 0 radical (unpaired) electrons. The molecule has 0 bridgehead atoms. The summed E-state index contributed by atoms with van der Waals surface area (Å²) >= 11 is 11.8. The number of hydrogen-bond donors (Lipinski definition) is 1. The van der Waals surface area contributed by atoms with Gasteiger partial charge in [-0.25, -0.2) is 0 Å². The van der Waals surface area contributed by atoms with Crippen LogP contribution in [-0.4, -0.2) is 45.9 Å². The van der Waals surface area contributed by atoms with Crippen LogP contribution in [0.2, 0.25) is 0 Å². The van der Waals surface area contributed by atoms with Crippen molar-refractivity contribution in [1.82, 2.24) is 14.8 Å². The van der Waals surface area contributed by atoms with Gasteiger partial charge < -0.3 is 14.6 Å². The molecule has 1 aromatic carbocycles. The number of aromatic nitrogens is 1. The van der Waals surface area contributed by atoms with Gasteiger partial charge in [0.1, 0.15) is 10.9 Å². The zero-order valence-corrected chi connectivity index (χ0v) is 21.2. The van der Waals surface area contributed by atoms with E-state index in [-0.39, 0.29) is 18.4 Å². The van der Waals surface area contributed by atoms with Crippen LogP contribution in [0.15, 0.2) is 51.3 Å². The van der Waals surface area contributed by atoms with Gasteiger partial charge in [0.15, 0.2) is 0 Å². The number of hydrogen-bond acceptors (Lipinski definition) is 6. The van der Waals surface area contributed by atoms with Crippen LogP contribution in [0.3, 0.4) is 0 Å². The van der Waals surface area contributed by atoms with Crippen molar-refractivity contribution < 1.29 is 14.3 Å². The van der Waals surface area contributed by atoms with Crippen LogP contribution in [0.25, 0.3) is 17.0 Å². The Labute approximate surface area is 207 Å². The lowest BCUT2D eigenvalue weighted by atomic mass is 10.1. The number of nitrogens with zero attached hydrogens (tertiary/aromatic N) is 2. The van der Waals surface area contributed by atoms with E-state index in [1.807, 2.05) is 52.6 Å². The molecule has 4 rings (SSSR count). The van der Waals surface area contributed by atoms with E-state index in [0.717, 1.165) is 25.8 Å². The number of carbonyl (C=O) groups is 2. The molecule has 0 aliphatic carbocycles. The highest BCUT2D eigenvalue weighted by Crippen LogP contribution is 2.35. The third kappa shape index (κ3) is 5.15. The van der Waals surface area contributed by atoms with Crippen LogP contribution in [0, 0.1) is 0 Å². The molecule has 3 aromatic rings. The van der Waals surface area contributed by atoms with E-state index in [4.69, 9.17) is 17.0 Å². The second-order valence-electron chi connectivity index (χ2n) is 7.06. The molecule has 0 saturated carbocycles.